The summed E-state index contributed by atoms with van der Waals surface area (Å²) < 4.78 is 26.0. The minimum atomic E-state index is -3.03. The number of carbonyl (C=O) groups is 2. The van der Waals surface area contributed by atoms with Crippen LogP contribution in [0.5, 0.6) is 0 Å². The number of hydrogen-bond acceptors (Lipinski definition) is 2. The predicted molar refractivity (Wildman–Crippen MR) is 49.5 cm³/mol. The smallest absolute Gasteiger partial charge is 0.315 e. The minimum Gasteiger partial charge on any atom is -0.351 e. The molecule has 84 valence electrons. The quantitative estimate of drug-likeness (QED) is 0.716. The van der Waals surface area contributed by atoms with Gasteiger partial charge in [-0.05, 0) is 0 Å². The summed E-state index contributed by atoms with van der Waals surface area (Å²) in [5.41, 5.74) is 4.92. The Kier molecular flexibility index (Phi) is 3.06. The molecule has 15 heavy (non-hydrogen) atoms. The fraction of sp³-hybridized carbons (Fsp3) is 0.556. The molecule has 1 aliphatic heterocycles. The number of halogens is 2. The van der Waals surface area contributed by atoms with Crippen molar-refractivity contribution >= 4 is 11.8 Å². The van der Waals surface area contributed by atoms with Gasteiger partial charge < -0.3 is 10.6 Å². The van der Waals surface area contributed by atoms with Crippen molar-refractivity contribution in [1.29, 1.82) is 0 Å². The highest BCUT2D eigenvalue weighted by atomic mass is 19.3. The second kappa shape index (κ2) is 3.96. The molecule has 0 unspecified atom stereocenters. The van der Waals surface area contributed by atoms with Gasteiger partial charge in [-0.3, -0.25) is 4.79 Å². The van der Waals surface area contributed by atoms with E-state index in [1.807, 2.05) is 0 Å². The van der Waals surface area contributed by atoms with Gasteiger partial charge in [0.1, 0.15) is 0 Å². The average molecular weight is 218 g/mol. The third-order valence-electron chi connectivity index (χ3n) is 2.27. The van der Waals surface area contributed by atoms with Crippen LogP contribution in [0.15, 0.2) is 12.7 Å². The normalized spacial score (nSPS) is 23.9. The Labute approximate surface area is 85.7 Å². The molecule has 0 bridgehead atoms. The Morgan fingerprint density at radius 2 is 2.20 bits per heavy atom. The zero-order valence-electron chi connectivity index (χ0n) is 8.08. The maximum Gasteiger partial charge on any atom is 0.315 e. The van der Waals surface area contributed by atoms with Gasteiger partial charge in [-0.25, -0.2) is 13.6 Å². The highest BCUT2D eigenvalue weighted by Crippen LogP contribution is 2.32. The summed E-state index contributed by atoms with van der Waals surface area (Å²) in [5.74, 6) is -3.49. The van der Waals surface area contributed by atoms with E-state index in [2.05, 4.69) is 6.58 Å². The number of rotatable bonds is 3. The lowest BCUT2D eigenvalue weighted by molar-refractivity contribution is -0.122. The van der Waals surface area contributed by atoms with Gasteiger partial charge in [0.15, 0.2) is 5.78 Å². The minimum absolute atomic E-state index is 0.0372. The topological polar surface area (TPSA) is 63.4 Å². The van der Waals surface area contributed by atoms with Crippen LogP contribution in [0.4, 0.5) is 13.6 Å². The second-order valence-corrected chi connectivity index (χ2v) is 3.50. The van der Waals surface area contributed by atoms with Crippen molar-refractivity contribution in [1.82, 2.24) is 4.90 Å². The maximum absolute atomic E-state index is 13.0. The standard InChI is InChI=1S/C9H12F2N2O2/c1-2-3-7(14)6-4-9(10,11)5-13(6)8(12)15/h2,6H,1,3-5H2,(H2,12,15)/t6-/m0/s1. The van der Waals surface area contributed by atoms with Crippen molar-refractivity contribution in [3.05, 3.63) is 12.7 Å². The molecule has 1 fully saturated rings. The number of likely N-dealkylation sites (tertiary alicyclic amines) is 1. The molecule has 2 amide bonds. The van der Waals surface area contributed by atoms with Crippen molar-refractivity contribution in [3.8, 4) is 0 Å². The largest absolute Gasteiger partial charge is 0.351 e. The molecule has 6 heteroatoms. The molecule has 4 nitrogen and oxygen atoms in total. The lowest BCUT2D eigenvalue weighted by atomic mass is 10.1. The number of hydrogen-bond donors (Lipinski definition) is 1. The van der Waals surface area contributed by atoms with Crippen LogP contribution in [0.25, 0.3) is 0 Å². The first kappa shape index (κ1) is 11.6. The van der Waals surface area contributed by atoms with E-state index >= 15 is 0 Å². The SMILES string of the molecule is C=CCC(=O)[C@@H]1CC(F)(F)CN1C(N)=O. The number of carbonyl (C=O) groups excluding carboxylic acids is 2. The van der Waals surface area contributed by atoms with Gasteiger partial charge in [-0.2, -0.15) is 0 Å². The van der Waals surface area contributed by atoms with Crippen LogP contribution in [-0.4, -0.2) is 35.2 Å². The van der Waals surface area contributed by atoms with Gasteiger partial charge in [-0.1, -0.05) is 6.08 Å². The third kappa shape index (κ3) is 2.51. The summed E-state index contributed by atoms with van der Waals surface area (Å²) in [6.45, 7) is 2.55. The molecule has 0 radical (unpaired) electrons. The zero-order valence-corrected chi connectivity index (χ0v) is 8.08. The van der Waals surface area contributed by atoms with Crippen LogP contribution in [0, 0.1) is 0 Å². The Bertz CT molecular complexity index is 304. The Balaban J connectivity index is 2.81. The number of ketones is 1. The van der Waals surface area contributed by atoms with E-state index in [-0.39, 0.29) is 6.42 Å². The van der Waals surface area contributed by atoms with Gasteiger partial charge in [0.2, 0.25) is 0 Å². The second-order valence-electron chi connectivity index (χ2n) is 3.50. The molecule has 1 saturated heterocycles. The van der Waals surface area contributed by atoms with Gasteiger partial charge in [-0.15, -0.1) is 6.58 Å². The molecule has 0 aromatic heterocycles. The molecule has 0 saturated carbocycles. The van der Waals surface area contributed by atoms with E-state index in [0.717, 1.165) is 0 Å². The van der Waals surface area contributed by atoms with Crippen molar-refractivity contribution < 1.29 is 18.4 Å². The summed E-state index contributed by atoms with van der Waals surface area (Å²) in [7, 11) is 0. The number of Topliss-reactive ketones (excluding diaryl/α,β-unsaturated/α-hetero) is 1. The van der Waals surface area contributed by atoms with Crippen LogP contribution >= 0.6 is 0 Å². The lowest BCUT2D eigenvalue weighted by Gasteiger charge is -2.19. The molecule has 0 aromatic rings. The number of urea groups is 1. The van der Waals surface area contributed by atoms with Crippen LogP contribution < -0.4 is 5.73 Å². The average Bonchev–Trinajstić information content (AvgIpc) is 2.42. The van der Waals surface area contributed by atoms with Crippen molar-refractivity contribution in [3.63, 3.8) is 0 Å². The monoisotopic (exact) mass is 218 g/mol. The van der Waals surface area contributed by atoms with Gasteiger partial charge in [0.05, 0.1) is 12.6 Å². The highest BCUT2D eigenvalue weighted by Gasteiger charge is 2.48. The van der Waals surface area contributed by atoms with Crippen LogP contribution in [0.3, 0.4) is 0 Å². The van der Waals surface area contributed by atoms with Crippen LogP contribution in [0.2, 0.25) is 0 Å². The number of alkyl halides is 2. The van der Waals surface area contributed by atoms with Gasteiger partial charge >= 0.3 is 6.03 Å². The molecular formula is C9H12F2N2O2. The predicted octanol–water partition coefficient (Wildman–Crippen LogP) is 0.920. The molecule has 1 rings (SSSR count). The highest BCUT2D eigenvalue weighted by molar-refractivity contribution is 5.89. The number of nitrogens with zero attached hydrogens (tertiary/aromatic N) is 1. The van der Waals surface area contributed by atoms with Gasteiger partial charge in [0.25, 0.3) is 5.92 Å². The molecule has 0 aliphatic carbocycles. The van der Waals surface area contributed by atoms with E-state index in [9.17, 15) is 18.4 Å². The third-order valence-corrected chi connectivity index (χ3v) is 2.27. The van der Waals surface area contributed by atoms with Crippen LogP contribution in [-0.2, 0) is 4.79 Å². The van der Waals surface area contributed by atoms with E-state index in [0.29, 0.717) is 4.90 Å². The molecule has 1 atom stereocenters. The summed E-state index contributed by atoms with van der Waals surface area (Å²) >= 11 is 0. The number of allylic oxidation sites excluding steroid dienone is 1. The molecule has 0 aromatic carbocycles. The van der Waals surface area contributed by atoms with Crippen molar-refractivity contribution in [2.45, 2.75) is 24.8 Å². The molecule has 1 heterocycles. The summed E-state index contributed by atoms with van der Waals surface area (Å²) in [6.07, 6.45) is 0.630. The lowest BCUT2D eigenvalue weighted by Crippen LogP contribution is -2.43. The number of amides is 2. The summed E-state index contributed by atoms with van der Waals surface area (Å²) in [5, 5.41) is 0. The van der Waals surface area contributed by atoms with E-state index in [1.54, 1.807) is 0 Å². The fourth-order valence-electron chi connectivity index (χ4n) is 1.61. The maximum atomic E-state index is 13.0. The number of nitrogens with two attached hydrogens (primary N) is 1. The Morgan fingerprint density at radius 1 is 1.60 bits per heavy atom. The van der Waals surface area contributed by atoms with E-state index in [4.69, 9.17) is 5.73 Å². The fourth-order valence-corrected chi connectivity index (χ4v) is 1.61. The van der Waals surface area contributed by atoms with Gasteiger partial charge in [0, 0.05) is 12.8 Å². The molecule has 2 N–H and O–H groups in total. The number of primary amides is 1. The summed E-state index contributed by atoms with van der Waals surface area (Å²) in [4.78, 5) is 23.0. The first-order chi connectivity index (χ1) is 6.87. The molecule has 1 aliphatic rings. The Morgan fingerprint density at radius 3 is 2.67 bits per heavy atom. The first-order valence-corrected chi connectivity index (χ1v) is 4.45. The Hall–Kier alpha value is -1.46. The van der Waals surface area contributed by atoms with Crippen molar-refractivity contribution in [2.75, 3.05) is 6.54 Å². The molecular weight excluding hydrogens is 206 g/mol. The van der Waals surface area contributed by atoms with Crippen molar-refractivity contribution in [2.24, 2.45) is 5.73 Å². The molecule has 0 spiro atoms. The van der Waals surface area contributed by atoms with E-state index < -0.39 is 36.7 Å². The van der Waals surface area contributed by atoms with Crippen LogP contribution in [0.1, 0.15) is 12.8 Å². The first-order valence-electron chi connectivity index (χ1n) is 4.45. The zero-order chi connectivity index (χ0) is 11.6. The summed E-state index contributed by atoms with van der Waals surface area (Å²) in [6, 6.07) is -2.11. The van der Waals surface area contributed by atoms with E-state index in [1.165, 1.54) is 6.08 Å².